The van der Waals surface area contributed by atoms with Crippen LogP contribution in [0.1, 0.15) is 12.7 Å². The first kappa shape index (κ1) is 13.7. The summed E-state index contributed by atoms with van der Waals surface area (Å²) in [5.74, 6) is 2.52. The van der Waals surface area contributed by atoms with Crippen molar-refractivity contribution in [1.82, 2.24) is 9.97 Å². The van der Waals surface area contributed by atoms with Crippen LogP contribution in [0.25, 0.3) is 0 Å². The van der Waals surface area contributed by atoms with Gasteiger partial charge in [0.05, 0.1) is 19.8 Å². The van der Waals surface area contributed by atoms with Crippen LogP contribution in [0.5, 0.6) is 0 Å². The highest BCUT2D eigenvalue weighted by Gasteiger charge is 2.15. The van der Waals surface area contributed by atoms with Gasteiger partial charge in [-0.15, -0.1) is 0 Å². The van der Waals surface area contributed by atoms with E-state index in [1.807, 2.05) is 24.9 Å². The molecule has 2 heterocycles. The summed E-state index contributed by atoms with van der Waals surface area (Å²) in [6.07, 6.45) is 0. The van der Waals surface area contributed by atoms with E-state index in [1.54, 1.807) is 6.92 Å². The fraction of sp³-hybridized carbons (Fsp3) is 0.615. The van der Waals surface area contributed by atoms with E-state index in [4.69, 9.17) is 4.74 Å². The fourth-order valence-corrected chi connectivity index (χ4v) is 2.10. The Morgan fingerprint density at radius 2 is 2.11 bits per heavy atom. The molecule has 0 spiro atoms. The second kappa shape index (κ2) is 5.97. The number of nitrogens with zero attached hydrogens (tertiary/aromatic N) is 4. The summed E-state index contributed by atoms with van der Waals surface area (Å²) in [6.45, 7) is 6.93. The van der Waals surface area contributed by atoms with Crippen LogP contribution in [-0.2, 0) is 9.53 Å². The Bertz CT molecular complexity index is 458. The largest absolute Gasteiger partial charge is 0.378 e. The maximum atomic E-state index is 11.2. The lowest BCUT2D eigenvalue weighted by molar-refractivity contribution is -0.115. The molecule has 6 nitrogen and oxygen atoms in total. The molecule has 6 heteroatoms. The molecule has 2 rings (SSSR count). The first-order chi connectivity index (χ1) is 9.06. The van der Waals surface area contributed by atoms with E-state index >= 15 is 0 Å². The Morgan fingerprint density at radius 1 is 1.42 bits per heavy atom. The fourth-order valence-electron chi connectivity index (χ4n) is 2.10. The van der Waals surface area contributed by atoms with E-state index < -0.39 is 0 Å². The molecule has 0 unspecified atom stereocenters. The van der Waals surface area contributed by atoms with Gasteiger partial charge in [0.15, 0.2) is 0 Å². The van der Waals surface area contributed by atoms with Crippen molar-refractivity contribution in [2.75, 3.05) is 49.7 Å². The average molecular weight is 264 g/mol. The Hall–Kier alpha value is -1.69. The lowest BCUT2D eigenvalue weighted by atomic mass is 10.3. The predicted octanol–water partition coefficient (Wildman–Crippen LogP) is 0.647. The summed E-state index contributed by atoms with van der Waals surface area (Å²) in [5.41, 5.74) is 0. The smallest absolute Gasteiger partial charge is 0.149 e. The van der Waals surface area contributed by atoms with Gasteiger partial charge in [0.25, 0.3) is 0 Å². The molecule has 1 aliphatic heterocycles. The van der Waals surface area contributed by atoms with Crippen molar-refractivity contribution < 1.29 is 9.53 Å². The normalized spacial score (nSPS) is 15.4. The molecule has 19 heavy (non-hydrogen) atoms. The SMILES string of the molecule is CC(=O)CN(C)c1cc(N2CCOCC2)nc(C)n1. The number of carbonyl (C=O) groups is 1. The molecule has 0 bridgehead atoms. The Labute approximate surface area is 113 Å². The molecule has 0 aliphatic carbocycles. The molecular weight excluding hydrogens is 244 g/mol. The van der Waals surface area contributed by atoms with E-state index in [2.05, 4.69) is 14.9 Å². The zero-order valence-corrected chi connectivity index (χ0v) is 11.7. The standard InChI is InChI=1S/C13H20N4O2/c1-10(18)9-16(3)12-8-13(15-11(2)14-12)17-4-6-19-7-5-17/h8H,4-7,9H2,1-3H3. The first-order valence-corrected chi connectivity index (χ1v) is 6.45. The number of morpholine rings is 1. The molecule has 0 atom stereocenters. The number of carbonyl (C=O) groups excluding carboxylic acids is 1. The number of ether oxygens (including phenoxy) is 1. The van der Waals surface area contributed by atoms with Crippen molar-refractivity contribution in [2.24, 2.45) is 0 Å². The maximum Gasteiger partial charge on any atom is 0.149 e. The molecular formula is C13H20N4O2. The number of hydrogen-bond donors (Lipinski definition) is 0. The average Bonchev–Trinajstić information content (AvgIpc) is 2.38. The summed E-state index contributed by atoms with van der Waals surface area (Å²) < 4.78 is 5.34. The number of Topliss-reactive ketones (excluding diaryl/α,β-unsaturated/α-hetero) is 1. The van der Waals surface area contributed by atoms with E-state index in [9.17, 15) is 4.79 Å². The van der Waals surface area contributed by atoms with Crippen molar-refractivity contribution in [3.8, 4) is 0 Å². The van der Waals surface area contributed by atoms with Crippen LogP contribution in [0.4, 0.5) is 11.6 Å². The monoisotopic (exact) mass is 264 g/mol. The van der Waals surface area contributed by atoms with Crippen molar-refractivity contribution in [1.29, 1.82) is 0 Å². The number of rotatable bonds is 4. The van der Waals surface area contributed by atoms with Crippen LogP contribution in [0.15, 0.2) is 6.07 Å². The Morgan fingerprint density at radius 3 is 2.74 bits per heavy atom. The molecule has 0 aromatic carbocycles. The van der Waals surface area contributed by atoms with Gasteiger partial charge in [-0.3, -0.25) is 4.79 Å². The third-order valence-electron chi connectivity index (χ3n) is 3.00. The third-order valence-corrected chi connectivity index (χ3v) is 3.00. The van der Waals surface area contributed by atoms with E-state index in [0.29, 0.717) is 6.54 Å². The van der Waals surface area contributed by atoms with Crippen molar-refractivity contribution >= 4 is 17.4 Å². The summed E-state index contributed by atoms with van der Waals surface area (Å²) in [6, 6.07) is 1.93. The molecule has 1 fully saturated rings. The maximum absolute atomic E-state index is 11.2. The molecule has 0 saturated carbocycles. The molecule has 0 radical (unpaired) electrons. The minimum Gasteiger partial charge on any atom is -0.378 e. The summed E-state index contributed by atoms with van der Waals surface area (Å²) in [7, 11) is 1.87. The van der Waals surface area contributed by atoms with Gasteiger partial charge in [0.1, 0.15) is 23.2 Å². The minimum absolute atomic E-state index is 0.117. The van der Waals surface area contributed by atoms with Crippen LogP contribution in [-0.4, -0.2) is 55.6 Å². The number of anilines is 2. The molecule has 1 aromatic heterocycles. The van der Waals surface area contributed by atoms with Crippen LogP contribution in [0.3, 0.4) is 0 Å². The van der Waals surface area contributed by atoms with Crippen LogP contribution in [0.2, 0.25) is 0 Å². The zero-order valence-electron chi connectivity index (χ0n) is 11.7. The predicted molar refractivity (Wildman–Crippen MR) is 73.8 cm³/mol. The Balaban J connectivity index is 2.20. The van der Waals surface area contributed by atoms with Crippen molar-refractivity contribution in [3.05, 3.63) is 11.9 Å². The second-order valence-corrected chi connectivity index (χ2v) is 4.79. The molecule has 1 saturated heterocycles. The van der Waals surface area contributed by atoms with Gasteiger partial charge in [-0.25, -0.2) is 9.97 Å². The third kappa shape index (κ3) is 3.64. The van der Waals surface area contributed by atoms with Crippen molar-refractivity contribution in [3.63, 3.8) is 0 Å². The topological polar surface area (TPSA) is 58.6 Å². The first-order valence-electron chi connectivity index (χ1n) is 6.45. The van der Waals surface area contributed by atoms with Gasteiger partial charge in [-0.1, -0.05) is 0 Å². The van der Waals surface area contributed by atoms with E-state index in [0.717, 1.165) is 43.8 Å². The highest BCUT2D eigenvalue weighted by molar-refractivity contribution is 5.80. The molecule has 1 aromatic rings. The number of ketones is 1. The highest BCUT2D eigenvalue weighted by Crippen LogP contribution is 2.19. The van der Waals surface area contributed by atoms with Gasteiger partial charge < -0.3 is 14.5 Å². The number of aromatic nitrogens is 2. The van der Waals surface area contributed by atoms with Gasteiger partial charge in [-0.05, 0) is 13.8 Å². The highest BCUT2D eigenvalue weighted by atomic mass is 16.5. The Kier molecular flexibility index (Phi) is 4.31. The second-order valence-electron chi connectivity index (χ2n) is 4.79. The number of aryl methyl sites for hydroxylation is 1. The van der Waals surface area contributed by atoms with Gasteiger partial charge in [-0.2, -0.15) is 0 Å². The van der Waals surface area contributed by atoms with Gasteiger partial charge >= 0.3 is 0 Å². The van der Waals surface area contributed by atoms with Crippen LogP contribution in [0, 0.1) is 6.92 Å². The van der Waals surface area contributed by atoms with Crippen molar-refractivity contribution in [2.45, 2.75) is 13.8 Å². The minimum atomic E-state index is 0.117. The van der Waals surface area contributed by atoms with Gasteiger partial charge in [0.2, 0.25) is 0 Å². The molecule has 1 aliphatic rings. The molecule has 0 N–H and O–H groups in total. The summed E-state index contributed by atoms with van der Waals surface area (Å²) >= 11 is 0. The lowest BCUT2D eigenvalue weighted by Crippen LogP contribution is -2.37. The zero-order chi connectivity index (χ0) is 13.8. The van der Waals surface area contributed by atoms with E-state index in [1.165, 1.54) is 0 Å². The number of likely N-dealkylation sites (N-methyl/N-ethyl adjacent to an activating group) is 1. The van der Waals surface area contributed by atoms with Gasteiger partial charge in [0, 0.05) is 26.2 Å². The van der Waals surface area contributed by atoms with Crippen LogP contribution < -0.4 is 9.80 Å². The summed E-state index contributed by atoms with van der Waals surface area (Å²) in [5, 5.41) is 0. The molecule has 0 amide bonds. The lowest BCUT2D eigenvalue weighted by Gasteiger charge is -2.28. The molecule has 104 valence electrons. The summed E-state index contributed by atoms with van der Waals surface area (Å²) in [4.78, 5) is 24.1. The number of hydrogen-bond acceptors (Lipinski definition) is 6. The van der Waals surface area contributed by atoms with Crippen LogP contribution >= 0.6 is 0 Å². The quantitative estimate of drug-likeness (QED) is 0.795. The van der Waals surface area contributed by atoms with E-state index in [-0.39, 0.29) is 5.78 Å².